The summed E-state index contributed by atoms with van der Waals surface area (Å²) in [5.74, 6) is -1.14. The lowest BCUT2D eigenvalue weighted by molar-refractivity contribution is 0.00808. The third-order valence-electron chi connectivity index (χ3n) is 7.86. The van der Waals surface area contributed by atoms with E-state index in [1.54, 1.807) is 42.8 Å². The number of benzene rings is 2. The number of hydrogen-bond acceptors (Lipinski definition) is 5. The minimum atomic E-state index is -1.01. The Hall–Kier alpha value is -3.17. The van der Waals surface area contributed by atoms with Crippen molar-refractivity contribution in [2.45, 2.75) is 19.4 Å². The SMILES string of the molecule is Cc1c(C(=O)O)cc(-c2cc(Cl)ccc2C(=O)N2CCc3ccccc3C2COCCN2CCOCC2)n1C. The van der Waals surface area contributed by atoms with Crippen LogP contribution in [-0.2, 0) is 22.9 Å². The van der Waals surface area contributed by atoms with E-state index in [2.05, 4.69) is 17.0 Å². The lowest BCUT2D eigenvalue weighted by Gasteiger charge is -2.38. The van der Waals surface area contributed by atoms with Crippen molar-refractivity contribution in [1.29, 1.82) is 0 Å². The molecule has 0 bridgehead atoms. The van der Waals surface area contributed by atoms with E-state index in [0.29, 0.717) is 47.3 Å². The van der Waals surface area contributed by atoms with Crippen LogP contribution in [0.5, 0.6) is 0 Å². The number of aromatic nitrogens is 1. The molecule has 5 rings (SSSR count). The standard InChI is InChI=1S/C30H34ClN3O5/c1-20-25(30(36)37)18-27(32(20)2)26-17-22(31)7-8-24(26)29(35)34-10-9-21-5-3-4-6-23(21)28(34)19-39-16-13-33-11-14-38-15-12-33/h3-8,17-18,28H,9-16,19H2,1-2H3,(H,36,37). The summed E-state index contributed by atoms with van der Waals surface area (Å²) >= 11 is 6.38. The van der Waals surface area contributed by atoms with Gasteiger partial charge in [0.15, 0.2) is 0 Å². The summed E-state index contributed by atoms with van der Waals surface area (Å²) < 4.78 is 13.4. The summed E-state index contributed by atoms with van der Waals surface area (Å²) in [5.41, 5.74) is 4.85. The number of carboxylic acids is 1. The summed E-state index contributed by atoms with van der Waals surface area (Å²) in [4.78, 5) is 30.2. The number of carboxylic acid groups (broad SMARTS) is 1. The van der Waals surface area contributed by atoms with Crippen LogP contribution in [0.2, 0.25) is 5.02 Å². The van der Waals surface area contributed by atoms with E-state index >= 15 is 0 Å². The molecule has 39 heavy (non-hydrogen) atoms. The number of halogens is 1. The Morgan fingerprint density at radius 1 is 1.08 bits per heavy atom. The van der Waals surface area contributed by atoms with E-state index in [1.165, 1.54) is 5.56 Å². The highest BCUT2D eigenvalue weighted by atomic mass is 35.5. The van der Waals surface area contributed by atoms with E-state index in [9.17, 15) is 14.7 Å². The first-order valence-electron chi connectivity index (χ1n) is 13.3. The normalized spacial score (nSPS) is 17.7. The fourth-order valence-electron chi connectivity index (χ4n) is 5.53. The van der Waals surface area contributed by atoms with Crippen LogP contribution in [0.3, 0.4) is 0 Å². The molecule has 2 aliphatic rings. The molecule has 2 aromatic carbocycles. The molecule has 1 saturated heterocycles. The van der Waals surface area contributed by atoms with Crippen LogP contribution in [0.1, 0.15) is 43.6 Å². The van der Waals surface area contributed by atoms with Crippen molar-refractivity contribution in [1.82, 2.24) is 14.4 Å². The molecular formula is C30H34ClN3O5. The number of hydrogen-bond donors (Lipinski definition) is 1. The largest absolute Gasteiger partial charge is 0.478 e. The summed E-state index contributed by atoms with van der Waals surface area (Å²) in [6.45, 7) is 7.41. The van der Waals surface area contributed by atoms with Crippen molar-refractivity contribution in [2.24, 2.45) is 7.05 Å². The average molecular weight is 552 g/mol. The fourth-order valence-corrected chi connectivity index (χ4v) is 5.70. The number of fused-ring (bicyclic) bond motifs is 1. The summed E-state index contributed by atoms with van der Waals surface area (Å²) in [6, 6.07) is 14.8. The fraction of sp³-hybridized carbons (Fsp3) is 0.400. The van der Waals surface area contributed by atoms with E-state index in [1.807, 2.05) is 17.0 Å². The summed E-state index contributed by atoms with van der Waals surface area (Å²) in [7, 11) is 1.80. The average Bonchev–Trinajstić information content (AvgIpc) is 3.25. The first-order chi connectivity index (χ1) is 18.8. The van der Waals surface area contributed by atoms with Crippen molar-refractivity contribution in [2.75, 3.05) is 52.6 Å². The summed E-state index contributed by atoms with van der Waals surface area (Å²) in [6.07, 6.45) is 0.752. The van der Waals surface area contributed by atoms with E-state index in [-0.39, 0.29) is 17.5 Å². The monoisotopic (exact) mass is 551 g/mol. The number of rotatable bonds is 8. The van der Waals surface area contributed by atoms with Gasteiger partial charge in [-0.05, 0) is 48.7 Å². The molecule has 1 fully saturated rings. The number of carbonyl (C=O) groups is 2. The van der Waals surface area contributed by atoms with Gasteiger partial charge in [-0.2, -0.15) is 0 Å². The van der Waals surface area contributed by atoms with Gasteiger partial charge in [0.05, 0.1) is 38.0 Å². The third-order valence-corrected chi connectivity index (χ3v) is 8.09. The van der Waals surface area contributed by atoms with Gasteiger partial charge >= 0.3 is 5.97 Å². The van der Waals surface area contributed by atoms with Crippen LogP contribution < -0.4 is 0 Å². The smallest absolute Gasteiger partial charge is 0.337 e. The molecule has 206 valence electrons. The van der Waals surface area contributed by atoms with E-state index in [4.69, 9.17) is 21.1 Å². The van der Waals surface area contributed by atoms with Gasteiger partial charge in [-0.15, -0.1) is 0 Å². The molecule has 3 aromatic rings. The number of amides is 1. The van der Waals surface area contributed by atoms with Crippen LogP contribution in [0.25, 0.3) is 11.3 Å². The Kier molecular flexibility index (Phi) is 8.37. The summed E-state index contributed by atoms with van der Waals surface area (Å²) in [5, 5.41) is 10.1. The molecule has 0 radical (unpaired) electrons. The van der Waals surface area contributed by atoms with Crippen LogP contribution in [-0.4, -0.2) is 84.0 Å². The number of morpholine rings is 1. The molecule has 1 aromatic heterocycles. The highest BCUT2D eigenvalue weighted by molar-refractivity contribution is 6.31. The van der Waals surface area contributed by atoms with Crippen LogP contribution in [0.4, 0.5) is 0 Å². The van der Waals surface area contributed by atoms with Crippen molar-refractivity contribution < 1.29 is 24.2 Å². The van der Waals surface area contributed by atoms with Crippen molar-refractivity contribution in [3.05, 3.63) is 81.5 Å². The molecule has 1 unspecified atom stereocenters. The molecule has 0 spiro atoms. The Morgan fingerprint density at radius 3 is 2.59 bits per heavy atom. The highest BCUT2D eigenvalue weighted by Crippen LogP contribution is 2.35. The maximum absolute atomic E-state index is 14.2. The van der Waals surface area contributed by atoms with Gasteiger partial charge in [-0.1, -0.05) is 35.9 Å². The second-order valence-electron chi connectivity index (χ2n) is 10.1. The molecule has 3 heterocycles. The number of ether oxygens (including phenoxy) is 2. The Balaban J connectivity index is 1.43. The number of carbonyl (C=O) groups excluding carboxylic acids is 1. The molecule has 1 N–H and O–H groups in total. The second kappa shape index (κ2) is 11.9. The zero-order valence-electron chi connectivity index (χ0n) is 22.4. The van der Waals surface area contributed by atoms with Gasteiger partial charge in [0.25, 0.3) is 5.91 Å². The quantitative estimate of drug-likeness (QED) is 0.417. The maximum Gasteiger partial charge on any atom is 0.337 e. The predicted molar refractivity (Wildman–Crippen MR) is 150 cm³/mol. The van der Waals surface area contributed by atoms with Crippen LogP contribution in [0, 0.1) is 6.92 Å². The highest BCUT2D eigenvalue weighted by Gasteiger charge is 2.33. The molecule has 1 amide bonds. The Labute approximate surface area is 233 Å². The number of nitrogens with zero attached hydrogens (tertiary/aromatic N) is 3. The molecule has 2 aliphatic heterocycles. The van der Waals surface area contributed by atoms with Crippen LogP contribution >= 0.6 is 11.6 Å². The molecular weight excluding hydrogens is 518 g/mol. The van der Waals surface area contributed by atoms with E-state index in [0.717, 1.165) is 44.8 Å². The predicted octanol–water partition coefficient (Wildman–Crippen LogP) is 4.44. The second-order valence-corrected chi connectivity index (χ2v) is 10.5. The zero-order chi connectivity index (χ0) is 27.5. The van der Waals surface area contributed by atoms with Gasteiger partial charge in [0.2, 0.25) is 0 Å². The van der Waals surface area contributed by atoms with E-state index < -0.39 is 5.97 Å². The first kappa shape index (κ1) is 27.4. The molecule has 0 saturated carbocycles. The van der Waals surface area contributed by atoms with Crippen molar-refractivity contribution >= 4 is 23.5 Å². The van der Waals surface area contributed by atoms with Crippen molar-refractivity contribution in [3.63, 3.8) is 0 Å². The first-order valence-corrected chi connectivity index (χ1v) is 13.7. The maximum atomic E-state index is 14.2. The number of aromatic carboxylic acids is 1. The molecule has 0 aliphatic carbocycles. The van der Waals surface area contributed by atoms with Crippen LogP contribution in [0.15, 0.2) is 48.5 Å². The topological polar surface area (TPSA) is 84.2 Å². The van der Waals surface area contributed by atoms with Crippen molar-refractivity contribution in [3.8, 4) is 11.3 Å². The van der Waals surface area contributed by atoms with Gasteiger partial charge in [0, 0.05) is 60.8 Å². The lowest BCUT2D eigenvalue weighted by atomic mass is 9.91. The Bertz CT molecular complexity index is 1360. The minimum absolute atomic E-state index is 0.131. The van der Waals surface area contributed by atoms with Gasteiger partial charge in [-0.25, -0.2) is 4.79 Å². The third kappa shape index (κ3) is 5.75. The molecule has 8 nitrogen and oxygen atoms in total. The zero-order valence-corrected chi connectivity index (χ0v) is 23.1. The Morgan fingerprint density at radius 2 is 1.85 bits per heavy atom. The molecule has 1 atom stereocenters. The van der Waals surface area contributed by atoms with Gasteiger partial charge in [0.1, 0.15) is 0 Å². The minimum Gasteiger partial charge on any atom is -0.478 e. The molecule has 9 heteroatoms. The lowest BCUT2D eigenvalue weighted by Crippen LogP contribution is -2.43. The van der Waals surface area contributed by atoms with Gasteiger partial charge < -0.3 is 24.0 Å². The van der Waals surface area contributed by atoms with Gasteiger partial charge in [-0.3, -0.25) is 9.69 Å².